The van der Waals surface area contributed by atoms with E-state index in [9.17, 15) is 9.59 Å². The van der Waals surface area contributed by atoms with Gasteiger partial charge in [0.2, 0.25) is 0 Å². The Labute approximate surface area is 102 Å². The monoisotopic (exact) mass is 246 g/mol. The first-order valence-electron chi connectivity index (χ1n) is 5.79. The molecule has 0 aromatic rings. The van der Waals surface area contributed by atoms with Gasteiger partial charge in [-0.1, -0.05) is 6.92 Å². The lowest BCUT2D eigenvalue weighted by molar-refractivity contribution is -0.147. The molecule has 0 radical (unpaired) electrons. The molecule has 0 heterocycles. The average Bonchev–Trinajstić information content (AvgIpc) is 2.31. The summed E-state index contributed by atoms with van der Waals surface area (Å²) in [7, 11) is 0. The molecule has 1 atom stereocenters. The topological polar surface area (TPSA) is 87.7 Å². The van der Waals surface area contributed by atoms with Gasteiger partial charge in [0.1, 0.15) is 0 Å². The highest BCUT2D eigenvalue weighted by Gasteiger charge is 2.31. The first-order valence-corrected chi connectivity index (χ1v) is 5.79. The van der Waals surface area contributed by atoms with E-state index in [1.165, 1.54) is 0 Å². The van der Waals surface area contributed by atoms with Gasteiger partial charge in [-0.15, -0.1) is 0 Å². The number of rotatable bonds is 8. The molecule has 0 saturated heterocycles. The fourth-order valence-electron chi connectivity index (χ4n) is 1.07. The highest BCUT2D eigenvalue weighted by atomic mass is 16.5. The second-order valence-electron chi connectivity index (χ2n) is 4.03. The number of nitrogens with one attached hydrogen (secondary N) is 2. The fourth-order valence-corrected chi connectivity index (χ4v) is 1.07. The predicted octanol–water partition coefficient (Wildman–Crippen LogP) is 0.823. The van der Waals surface area contributed by atoms with Crippen molar-refractivity contribution in [1.82, 2.24) is 10.6 Å². The lowest BCUT2D eigenvalue weighted by Gasteiger charge is -2.23. The van der Waals surface area contributed by atoms with Gasteiger partial charge in [0.25, 0.3) is 0 Å². The smallest absolute Gasteiger partial charge is 0.314 e. The third-order valence-electron chi connectivity index (χ3n) is 2.67. The standard InChI is InChI=1S/C11H22N2O4/c1-4-11(3,9(14)15)8-13-10(16)12-6-7-17-5-2/h4-8H2,1-3H3,(H,14,15)(H2,12,13,16). The minimum absolute atomic E-state index is 0.110. The Hall–Kier alpha value is -1.30. The highest BCUT2D eigenvalue weighted by Crippen LogP contribution is 2.19. The van der Waals surface area contributed by atoms with Crippen molar-refractivity contribution >= 4 is 12.0 Å². The van der Waals surface area contributed by atoms with Gasteiger partial charge in [0.05, 0.1) is 12.0 Å². The van der Waals surface area contributed by atoms with Crippen LogP contribution in [-0.4, -0.2) is 43.4 Å². The number of urea groups is 1. The number of carbonyl (C=O) groups is 2. The Kier molecular flexibility index (Phi) is 7.29. The van der Waals surface area contributed by atoms with Gasteiger partial charge >= 0.3 is 12.0 Å². The van der Waals surface area contributed by atoms with Crippen molar-refractivity contribution in [2.45, 2.75) is 27.2 Å². The second kappa shape index (κ2) is 7.89. The van der Waals surface area contributed by atoms with Crippen LogP contribution in [0.25, 0.3) is 0 Å². The molecular formula is C11H22N2O4. The zero-order valence-electron chi connectivity index (χ0n) is 10.7. The first kappa shape index (κ1) is 15.7. The molecule has 0 aromatic heterocycles. The van der Waals surface area contributed by atoms with Crippen LogP contribution in [0, 0.1) is 5.41 Å². The van der Waals surface area contributed by atoms with Gasteiger partial charge in [0.15, 0.2) is 0 Å². The van der Waals surface area contributed by atoms with E-state index in [2.05, 4.69) is 10.6 Å². The summed E-state index contributed by atoms with van der Waals surface area (Å²) in [6.07, 6.45) is 0.460. The van der Waals surface area contributed by atoms with E-state index in [-0.39, 0.29) is 12.6 Å². The van der Waals surface area contributed by atoms with E-state index in [4.69, 9.17) is 9.84 Å². The van der Waals surface area contributed by atoms with E-state index >= 15 is 0 Å². The van der Waals surface area contributed by atoms with Gasteiger partial charge in [-0.05, 0) is 20.3 Å². The molecule has 0 aliphatic rings. The van der Waals surface area contributed by atoms with Crippen LogP contribution in [0.4, 0.5) is 4.79 Å². The molecule has 3 N–H and O–H groups in total. The minimum Gasteiger partial charge on any atom is -0.481 e. The Bertz CT molecular complexity index is 258. The molecule has 0 aliphatic heterocycles. The molecule has 6 nitrogen and oxygen atoms in total. The molecule has 0 aliphatic carbocycles. The van der Waals surface area contributed by atoms with Crippen molar-refractivity contribution in [3.8, 4) is 0 Å². The van der Waals surface area contributed by atoms with Crippen molar-refractivity contribution in [2.75, 3.05) is 26.3 Å². The van der Waals surface area contributed by atoms with E-state index < -0.39 is 11.4 Å². The summed E-state index contributed by atoms with van der Waals surface area (Å²) in [5.74, 6) is -0.908. The quantitative estimate of drug-likeness (QED) is 0.553. The maximum absolute atomic E-state index is 11.3. The summed E-state index contributed by atoms with van der Waals surface area (Å²) in [4.78, 5) is 22.3. The summed E-state index contributed by atoms with van der Waals surface area (Å²) in [6.45, 7) is 6.84. The van der Waals surface area contributed by atoms with Gasteiger partial charge in [-0.3, -0.25) is 4.79 Å². The van der Waals surface area contributed by atoms with Crippen LogP contribution in [-0.2, 0) is 9.53 Å². The van der Waals surface area contributed by atoms with Crippen LogP contribution in [0.1, 0.15) is 27.2 Å². The zero-order valence-corrected chi connectivity index (χ0v) is 10.7. The Balaban J connectivity index is 3.86. The van der Waals surface area contributed by atoms with Crippen LogP contribution < -0.4 is 10.6 Å². The number of carboxylic acids is 1. The van der Waals surface area contributed by atoms with Crippen molar-refractivity contribution < 1.29 is 19.4 Å². The van der Waals surface area contributed by atoms with Gasteiger partial charge in [-0.2, -0.15) is 0 Å². The highest BCUT2D eigenvalue weighted by molar-refractivity contribution is 5.77. The second-order valence-corrected chi connectivity index (χ2v) is 4.03. The molecule has 0 bridgehead atoms. The molecule has 0 fully saturated rings. The number of amides is 2. The summed E-state index contributed by atoms with van der Waals surface area (Å²) < 4.78 is 5.05. The Morgan fingerprint density at radius 2 is 1.94 bits per heavy atom. The Morgan fingerprint density at radius 1 is 1.29 bits per heavy atom. The van der Waals surface area contributed by atoms with Crippen molar-refractivity contribution in [3.05, 3.63) is 0 Å². The van der Waals surface area contributed by atoms with Crippen molar-refractivity contribution in [3.63, 3.8) is 0 Å². The number of hydrogen-bond donors (Lipinski definition) is 3. The molecule has 17 heavy (non-hydrogen) atoms. The number of carbonyl (C=O) groups excluding carboxylic acids is 1. The third-order valence-corrected chi connectivity index (χ3v) is 2.67. The molecule has 0 rings (SSSR count). The van der Waals surface area contributed by atoms with Crippen LogP contribution >= 0.6 is 0 Å². The first-order chi connectivity index (χ1) is 7.96. The predicted molar refractivity (Wildman–Crippen MR) is 63.9 cm³/mol. The van der Waals surface area contributed by atoms with E-state index in [0.29, 0.717) is 26.2 Å². The van der Waals surface area contributed by atoms with Crippen LogP contribution in [0.3, 0.4) is 0 Å². The molecule has 2 amide bonds. The molecule has 1 unspecified atom stereocenters. The van der Waals surface area contributed by atoms with Crippen LogP contribution in [0.5, 0.6) is 0 Å². The van der Waals surface area contributed by atoms with E-state index in [1.807, 2.05) is 6.92 Å². The van der Waals surface area contributed by atoms with Crippen molar-refractivity contribution in [2.24, 2.45) is 5.41 Å². The largest absolute Gasteiger partial charge is 0.481 e. The molecule has 6 heteroatoms. The molecule has 0 spiro atoms. The van der Waals surface area contributed by atoms with Gasteiger partial charge in [-0.25, -0.2) is 4.79 Å². The number of carboxylic acid groups (broad SMARTS) is 1. The van der Waals surface area contributed by atoms with Crippen LogP contribution in [0.15, 0.2) is 0 Å². The summed E-state index contributed by atoms with van der Waals surface area (Å²) in [5, 5.41) is 14.1. The summed E-state index contributed by atoms with van der Waals surface area (Å²) >= 11 is 0. The summed E-state index contributed by atoms with van der Waals surface area (Å²) in [5.41, 5.74) is -0.919. The molecule has 0 aromatic carbocycles. The number of hydrogen-bond acceptors (Lipinski definition) is 3. The molecular weight excluding hydrogens is 224 g/mol. The summed E-state index contributed by atoms with van der Waals surface area (Å²) in [6, 6.07) is -0.370. The van der Waals surface area contributed by atoms with Gasteiger partial charge < -0.3 is 20.5 Å². The van der Waals surface area contributed by atoms with Crippen molar-refractivity contribution in [1.29, 1.82) is 0 Å². The average molecular weight is 246 g/mol. The molecule has 100 valence electrons. The lowest BCUT2D eigenvalue weighted by Crippen LogP contribution is -2.45. The lowest BCUT2D eigenvalue weighted by atomic mass is 9.88. The fraction of sp³-hybridized carbons (Fsp3) is 0.818. The zero-order chi connectivity index (χ0) is 13.3. The third kappa shape index (κ3) is 6.11. The minimum atomic E-state index is -0.919. The number of ether oxygens (including phenoxy) is 1. The number of aliphatic carboxylic acids is 1. The maximum atomic E-state index is 11.3. The normalized spacial score (nSPS) is 13.8. The van der Waals surface area contributed by atoms with Gasteiger partial charge in [0, 0.05) is 19.7 Å². The SMILES string of the molecule is CCOCCNC(=O)NCC(C)(CC)C(=O)O. The molecule has 0 saturated carbocycles. The van der Waals surface area contributed by atoms with Crippen LogP contribution in [0.2, 0.25) is 0 Å². The maximum Gasteiger partial charge on any atom is 0.314 e. The van der Waals surface area contributed by atoms with E-state index in [1.54, 1.807) is 13.8 Å². The Morgan fingerprint density at radius 3 is 2.41 bits per heavy atom. The van der Waals surface area contributed by atoms with E-state index in [0.717, 1.165) is 0 Å².